The van der Waals surface area contributed by atoms with E-state index >= 15 is 0 Å². The topological polar surface area (TPSA) is 12.9 Å². The van der Waals surface area contributed by atoms with Crippen molar-refractivity contribution in [2.45, 2.75) is 13.3 Å². The number of hydrogen-bond donors (Lipinski definition) is 0. The zero-order valence-electron chi connectivity index (χ0n) is 6.11. The fourth-order valence-electron chi connectivity index (χ4n) is 0.769. The summed E-state index contributed by atoms with van der Waals surface area (Å²) in [4.78, 5) is 3.63. The first-order chi connectivity index (χ1) is 5.54. The highest BCUT2D eigenvalue weighted by Gasteiger charge is 2.19. The average Bonchev–Trinajstić information content (AvgIpc) is 1.97. The first kappa shape index (κ1) is 9.76. The van der Waals surface area contributed by atoms with Crippen LogP contribution in [0.4, 0.5) is 13.2 Å². The number of aromatic nitrogens is 1. The molecule has 0 fully saturated rings. The van der Waals surface area contributed by atoms with E-state index in [0.717, 1.165) is 0 Å². The van der Waals surface area contributed by atoms with E-state index in [-0.39, 0.29) is 9.26 Å². The van der Waals surface area contributed by atoms with E-state index in [4.69, 9.17) is 0 Å². The molecule has 0 aliphatic heterocycles. The third-order valence-electron chi connectivity index (χ3n) is 1.39. The second kappa shape index (κ2) is 3.59. The van der Waals surface area contributed by atoms with Crippen LogP contribution in [0.15, 0.2) is 6.20 Å². The van der Waals surface area contributed by atoms with Crippen molar-refractivity contribution < 1.29 is 13.2 Å². The Morgan fingerprint density at radius 1 is 1.50 bits per heavy atom. The maximum Gasteiger partial charge on any atom is 0.269 e. The van der Waals surface area contributed by atoms with Crippen LogP contribution >= 0.6 is 22.6 Å². The van der Waals surface area contributed by atoms with E-state index in [2.05, 4.69) is 4.98 Å². The molecule has 0 amide bonds. The molecule has 0 aliphatic carbocycles. The number of halogens is 4. The fourth-order valence-corrected chi connectivity index (χ4v) is 1.38. The van der Waals surface area contributed by atoms with Gasteiger partial charge in [-0.2, -0.15) is 0 Å². The molecule has 1 rings (SSSR count). The lowest BCUT2D eigenvalue weighted by Gasteiger charge is -2.05. The summed E-state index contributed by atoms with van der Waals surface area (Å²) in [6.07, 6.45) is -1.56. The molecule has 0 saturated carbocycles. The molecule has 66 valence electrons. The maximum absolute atomic E-state index is 13.0. The molecule has 1 heterocycles. The Balaban J connectivity index is 3.33. The van der Waals surface area contributed by atoms with Crippen molar-refractivity contribution in [3.63, 3.8) is 0 Å². The van der Waals surface area contributed by atoms with E-state index in [1.54, 1.807) is 22.6 Å². The van der Waals surface area contributed by atoms with E-state index in [0.29, 0.717) is 0 Å². The molecule has 0 aromatic carbocycles. The van der Waals surface area contributed by atoms with E-state index in [1.807, 2.05) is 0 Å². The molecule has 12 heavy (non-hydrogen) atoms. The summed E-state index contributed by atoms with van der Waals surface area (Å²) < 4.78 is 37.4. The van der Waals surface area contributed by atoms with Crippen LogP contribution in [-0.2, 0) is 0 Å². The number of alkyl halides is 2. The molecule has 0 radical (unpaired) electrons. The van der Waals surface area contributed by atoms with Crippen molar-refractivity contribution in [1.82, 2.24) is 4.98 Å². The molecule has 0 N–H and O–H groups in total. The highest BCUT2D eigenvalue weighted by molar-refractivity contribution is 14.1. The molecule has 5 heteroatoms. The van der Waals surface area contributed by atoms with Crippen molar-refractivity contribution in [3.8, 4) is 0 Å². The summed E-state index contributed by atoms with van der Waals surface area (Å²) in [6, 6.07) is 0. The van der Waals surface area contributed by atoms with Gasteiger partial charge in [0.25, 0.3) is 6.43 Å². The molecule has 1 nitrogen and oxygen atoms in total. The van der Waals surface area contributed by atoms with Gasteiger partial charge in [0.15, 0.2) is 0 Å². The van der Waals surface area contributed by atoms with Crippen LogP contribution in [0.5, 0.6) is 0 Å². The molecule has 0 aliphatic rings. The predicted molar refractivity (Wildman–Crippen MR) is 46.6 cm³/mol. The normalized spacial score (nSPS) is 10.8. The van der Waals surface area contributed by atoms with Crippen LogP contribution in [0, 0.1) is 16.4 Å². The van der Waals surface area contributed by atoms with Gasteiger partial charge in [0.05, 0.1) is 5.56 Å². The number of pyridine rings is 1. The van der Waals surface area contributed by atoms with Gasteiger partial charge in [0.2, 0.25) is 0 Å². The molecule has 0 bridgehead atoms. The van der Waals surface area contributed by atoms with Crippen LogP contribution in [0.1, 0.15) is 17.6 Å². The van der Waals surface area contributed by atoms with Crippen LogP contribution in [0.2, 0.25) is 0 Å². The molecular weight excluding hydrogens is 282 g/mol. The quantitative estimate of drug-likeness (QED) is 0.571. The Kier molecular flexibility index (Phi) is 2.92. The van der Waals surface area contributed by atoms with Gasteiger partial charge in [0, 0.05) is 11.8 Å². The van der Waals surface area contributed by atoms with Crippen molar-refractivity contribution in [2.75, 3.05) is 0 Å². The molecular formula is C7H5F3IN. The first-order valence-electron chi connectivity index (χ1n) is 3.12. The summed E-state index contributed by atoms with van der Waals surface area (Å²) in [7, 11) is 0. The summed E-state index contributed by atoms with van der Waals surface area (Å²) >= 11 is 1.59. The lowest BCUT2D eigenvalue weighted by Crippen LogP contribution is -2.00. The monoisotopic (exact) mass is 287 g/mol. The average molecular weight is 287 g/mol. The molecule has 0 saturated heterocycles. The SMILES string of the molecule is Cc1cnc(I)c(C(F)F)c1F. The summed E-state index contributed by atoms with van der Waals surface area (Å²) in [5, 5.41) is 0. The maximum atomic E-state index is 13.0. The van der Waals surface area contributed by atoms with Gasteiger partial charge in [-0.3, -0.25) is 0 Å². The lowest BCUT2D eigenvalue weighted by molar-refractivity contribution is 0.144. The number of rotatable bonds is 1. The Hall–Kier alpha value is -0.330. The van der Waals surface area contributed by atoms with Gasteiger partial charge in [-0.15, -0.1) is 0 Å². The van der Waals surface area contributed by atoms with Gasteiger partial charge in [0.1, 0.15) is 9.52 Å². The predicted octanol–water partition coefficient (Wildman–Crippen LogP) is 3.07. The third kappa shape index (κ3) is 1.70. The van der Waals surface area contributed by atoms with Crippen molar-refractivity contribution in [3.05, 3.63) is 26.8 Å². The van der Waals surface area contributed by atoms with Gasteiger partial charge < -0.3 is 0 Å². The highest BCUT2D eigenvalue weighted by atomic mass is 127. The van der Waals surface area contributed by atoms with Gasteiger partial charge in [-0.25, -0.2) is 18.2 Å². The zero-order valence-corrected chi connectivity index (χ0v) is 8.27. The number of nitrogens with zero attached hydrogens (tertiary/aromatic N) is 1. The summed E-state index contributed by atoms with van der Waals surface area (Å²) in [5.74, 6) is -0.857. The molecule has 1 aromatic heterocycles. The number of aryl methyl sites for hydroxylation is 1. The molecule has 1 aromatic rings. The van der Waals surface area contributed by atoms with Crippen molar-refractivity contribution >= 4 is 22.6 Å². The minimum absolute atomic E-state index is 0.0192. The molecule has 0 spiro atoms. The molecule has 0 atom stereocenters. The second-order valence-electron chi connectivity index (χ2n) is 2.26. The van der Waals surface area contributed by atoms with E-state index < -0.39 is 17.8 Å². The van der Waals surface area contributed by atoms with Gasteiger partial charge in [-0.1, -0.05) is 0 Å². The lowest BCUT2D eigenvalue weighted by atomic mass is 10.2. The minimum atomic E-state index is -2.80. The standard InChI is InChI=1S/C7H5F3IN/c1-3-2-12-7(11)4(5(3)8)6(9)10/h2,6H,1H3. The Bertz CT molecular complexity index is 301. The van der Waals surface area contributed by atoms with Crippen molar-refractivity contribution in [2.24, 2.45) is 0 Å². The first-order valence-corrected chi connectivity index (χ1v) is 4.20. The van der Waals surface area contributed by atoms with E-state index in [1.165, 1.54) is 13.1 Å². The second-order valence-corrected chi connectivity index (χ2v) is 3.28. The Morgan fingerprint density at radius 2 is 2.08 bits per heavy atom. The van der Waals surface area contributed by atoms with Crippen LogP contribution < -0.4 is 0 Å². The smallest absolute Gasteiger partial charge is 0.249 e. The van der Waals surface area contributed by atoms with Crippen LogP contribution in [0.25, 0.3) is 0 Å². The van der Waals surface area contributed by atoms with Gasteiger partial charge in [-0.05, 0) is 29.5 Å². The largest absolute Gasteiger partial charge is 0.269 e. The zero-order chi connectivity index (χ0) is 9.30. The minimum Gasteiger partial charge on any atom is -0.249 e. The van der Waals surface area contributed by atoms with E-state index in [9.17, 15) is 13.2 Å². The number of hydrogen-bond acceptors (Lipinski definition) is 1. The van der Waals surface area contributed by atoms with Crippen LogP contribution in [0.3, 0.4) is 0 Å². The summed E-state index contributed by atoms with van der Waals surface area (Å²) in [6.45, 7) is 1.41. The van der Waals surface area contributed by atoms with Gasteiger partial charge >= 0.3 is 0 Å². The van der Waals surface area contributed by atoms with Crippen LogP contribution in [-0.4, -0.2) is 4.98 Å². The fraction of sp³-hybridized carbons (Fsp3) is 0.286. The molecule has 0 unspecified atom stereocenters. The Morgan fingerprint density at radius 3 is 2.50 bits per heavy atom. The summed E-state index contributed by atoms with van der Waals surface area (Å²) in [5.41, 5.74) is -0.457. The third-order valence-corrected chi connectivity index (χ3v) is 2.25. The highest BCUT2D eigenvalue weighted by Crippen LogP contribution is 2.26. The van der Waals surface area contributed by atoms with Crippen molar-refractivity contribution in [1.29, 1.82) is 0 Å². The Labute approximate surface area is 81.1 Å².